The van der Waals surface area contributed by atoms with E-state index in [1.807, 2.05) is 0 Å². The third-order valence-electron chi connectivity index (χ3n) is 4.36. The monoisotopic (exact) mass is 239 g/mol. The molecule has 102 valence electrons. The molecule has 0 amide bonds. The summed E-state index contributed by atoms with van der Waals surface area (Å²) < 4.78 is 0. The summed E-state index contributed by atoms with van der Waals surface area (Å²) in [7, 11) is 0. The first-order valence-electron chi connectivity index (χ1n) is 7.99. The first-order chi connectivity index (χ1) is 8.26. The molecule has 1 rings (SSSR count). The van der Waals surface area contributed by atoms with Crippen molar-refractivity contribution in [2.45, 2.75) is 84.6 Å². The van der Waals surface area contributed by atoms with Crippen LogP contribution in [0.2, 0.25) is 0 Å². The van der Waals surface area contributed by atoms with Crippen LogP contribution >= 0.6 is 0 Å². The van der Waals surface area contributed by atoms with Crippen LogP contribution in [-0.2, 0) is 0 Å². The van der Waals surface area contributed by atoms with Crippen molar-refractivity contribution in [3.8, 4) is 0 Å². The number of hydrogen-bond donors (Lipinski definition) is 1. The van der Waals surface area contributed by atoms with E-state index in [2.05, 4.69) is 26.1 Å². The minimum Gasteiger partial charge on any atom is -0.314 e. The largest absolute Gasteiger partial charge is 0.314 e. The van der Waals surface area contributed by atoms with Crippen molar-refractivity contribution in [2.75, 3.05) is 6.54 Å². The molecule has 2 atom stereocenters. The molecular weight excluding hydrogens is 206 g/mol. The Balaban J connectivity index is 2.21. The van der Waals surface area contributed by atoms with Gasteiger partial charge in [0.15, 0.2) is 0 Å². The summed E-state index contributed by atoms with van der Waals surface area (Å²) >= 11 is 0. The first kappa shape index (κ1) is 15.0. The maximum Gasteiger partial charge on any atom is 0.00695 e. The lowest BCUT2D eigenvalue weighted by Crippen LogP contribution is -2.31. The van der Waals surface area contributed by atoms with Gasteiger partial charge in [0.25, 0.3) is 0 Å². The minimum absolute atomic E-state index is 0.780. The zero-order valence-electron chi connectivity index (χ0n) is 12.3. The second-order valence-corrected chi connectivity index (χ2v) is 6.11. The molecule has 0 aromatic rings. The molecule has 1 saturated carbocycles. The Bertz CT molecular complexity index is 172. The van der Waals surface area contributed by atoms with E-state index in [0.717, 1.165) is 24.4 Å². The van der Waals surface area contributed by atoms with Crippen LogP contribution in [0, 0.1) is 11.8 Å². The van der Waals surface area contributed by atoms with E-state index in [1.54, 1.807) is 0 Å². The van der Waals surface area contributed by atoms with E-state index in [9.17, 15) is 0 Å². The average Bonchev–Trinajstić information content (AvgIpc) is 2.79. The lowest BCUT2D eigenvalue weighted by Gasteiger charge is -2.23. The standard InChI is InChI=1S/C16H33N/c1-4-8-14(3)13-16(17-5-2)12-11-15-9-6-7-10-15/h14-17H,4-13H2,1-3H3. The van der Waals surface area contributed by atoms with Crippen LogP contribution in [0.4, 0.5) is 0 Å². The van der Waals surface area contributed by atoms with Gasteiger partial charge < -0.3 is 5.32 Å². The highest BCUT2D eigenvalue weighted by atomic mass is 14.9. The van der Waals surface area contributed by atoms with Gasteiger partial charge in [0.1, 0.15) is 0 Å². The van der Waals surface area contributed by atoms with Crippen molar-refractivity contribution in [1.82, 2.24) is 5.32 Å². The molecule has 17 heavy (non-hydrogen) atoms. The van der Waals surface area contributed by atoms with Crippen molar-refractivity contribution in [3.63, 3.8) is 0 Å². The molecule has 0 bridgehead atoms. The Morgan fingerprint density at radius 2 is 1.82 bits per heavy atom. The van der Waals surface area contributed by atoms with Crippen LogP contribution < -0.4 is 5.32 Å². The molecule has 1 nitrogen and oxygen atoms in total. The quantitative estimate of drug-likeness (QED) is 0.611. The fourth-order valence-corrected chi connectivity index (χ4v) is 3.42. The third-order valence-corrected chi connectivity index (χ3v) is 4.36. The van der Waals surface area contributed by atoms with E-state index in [4.69, 9.17) is 0 Å². The van der Waals surface area contributed by atoms with Gasteiger partial charge in [0.05, 0.1) is 0 Å². The molecule has 1 fully saturated rings. The Labute approximate surface area is 109 Å². The predicted octanol–water partition coefficient (Wildman–Crippen LogP) is 4.76. The van der Waals surface area contributed by atoms with Crippen molar-refractivity contribution in [3.05, 3.63) is 0 Å². The van der Waals surface area contributed by atoms with E-state index in [-0.39, 0.29) is 0 Å². The van der Waals surface area contributed by atoms with Gasteiger partial charge in [-0.1, -0.05) is 59.3 Å². The molecule has 2 unspecified atom stereocenters. The van der Waals surface area contributed by atoms with Gasteiger partial charge in [-0.05, 0) is 37.6 Å². The van der Waals surface area contributed by atoms with Crippen molar-refractivity contribution < 1.29 is 0 Å². The fraction of sp³-hybridized carbons (Fsp3) is 1.00. The minimum atomic E-state index is 0.780. The molecule has 1 heteroatoms. The molecule has 0 heterocycles. The molecule has 1 aliphatic rings. The molecule has 0 aliphatic heterocycles. The number of nitrogens with one attached hydrogen (secondary N) is 1. The van der Waals surface area contributed by atoms with Crippen molar-refractivity contribution in [2.24, 2.45) is 11.8 Å². The lowest BCUT2D eigenvalue weighted by atomic mass is 9.91. The van der Waals surface area contributed by atoms with Crippen LogP contribution in [0.5, 0.6) is 0 Å². The zero-order chi connectivity index (χ0) is 12.5. The molecule has 1 N–H and O–H groups in total. The first-order valence-corrected chi connectivity index (χ1v) is 7.99. The summed E-state index contributed by atoms with van der Waals surface area (Å²) in [6, 6.07) is 0.780. The molecule has 0 saturated heterocycles. The predicted molar refractivity (Wildman–Crippen MR) is 77.3 cm³/mol. The highest BCUT2D eigenvalue weighted by Gasteiger charge is 2.18. The van der Waals surface area contributed by atoms with Crippen molar-refractivity contribution in [1.29, 1.82) is 0 Å². The smallest absolute Gasteiger partial charge is 0.00695 e. The Hall–Kier alpha value is -0.0400. The lowest BCUT2D eigenvalue weighted by molar-refractivity contribution is 0.343. The molecular formula is C16H33N. The van der Waals surface area contributed by atoms with Crippen LogP contribution in [0.25, 0.3) is 0 Å². The van der Waals surface area contributed by atoms with Crippen LogP contribution in [0.15, 0.2) is 0 Å². The van der Waals surface area contributed by atoms with Gasteiger partial charge in [-0.3, -0.25) is 0 Å². The normalized spacial score (nSPS) is 20.6. The van der Waals surface area contributed by atoms with Gasteiger partial charge in [0.2, 0.25) is 0 Å². The van der Waals surface area contributed by atoms with Crippen LogP contribution in [0.3, 0.4) is 0 Å². The Morgan fingerprint density at radius 1 is 1.12 bits per heavy atom. The second kappa shape index (κ2) is 8.97. The van der Waals surface area contributed by atoms with E-state index < -0.39 is 0 Å². The average molecular weight is 239 g/mol. The SMILES string of the molecule is CCCC(C)CC(CCC1CCCC1)NCC. The maximum absolute atomic E-state index is 3.70. The zero-order valence-corrected chi connectivity index (χ0v) is 12.3. The topological polar surface area (TPSA) is 12.0 Å². The Morgan fingerprint density at radius 3 is 2.41 bits per heavy atom. The maximum atomic E-state index is 3.70. The van der Waals surface area contributed by atoms with Gasteiger partial charge in [-0.2, -0.15) is 0 Å². The second-order valence-electron chi connectivity index (χ2n) is 6.11. The van der Waals surface area contributed by atoms with E-state index >= 15 is 0 Å². The van der Waals surface area contributed by atoms with Crippen LogP contribution in [0.1, 0.15) is 78.6 Å². The van der Waals surface area contributed by atoms with Crippen LogP contribution in [-0.4, -0.2) is 12.6 Å². The summed E-state index contributed by atoms with van der Waals surface area (Å²) in [6.45, 7) is 8.10. The van der Waals surface area contributed by atoms with Gasteiger partial charge >= 0.3 is 0 Å². The summed E-state index contributed by atoms with van der Waals surface area (Å²) in [4.78, 5) is 0. The third kappa shape index (κ3) is 6.45. The number of rotatable bonds is 9. The highest BCUT2D eigenvalue weighted by molar-refractivity contribution is 4.74. The van der Waals surface area contributed by atoms with E-state index in [1.165, 1.54) is 57.8 Å². The Kier molecular flexibility index (Phi) is 7.92. The summed E-state index contributed by atoms with van der Waals surface area (Å²) in [6.07, 6.45) is 13.0. The molecule has 0 radical (unpaired) electrons. The summed E-state index contributed by atoms with van der Waals surface area (Å²) in [5.74, 6) is 1.95. The van der Waals surface area contributed by atoms with Gasteiger partial charge in [-0.25, -0.2) is 0 Å². The van der Waals surface area contributed by atoms with E-state index in [0.29, 0.717) is 0 Å². The van der Waals surface area contributed by atoms with Crippen molar-refractivity contribution >= 4 is 0 Å². The van der Waals surface area contributed by atoms with Gasteiger partial charge in [-0.15, -0.1) is 0 Å². The van der Waals surface area contributed by atoms with Gasteiger partial charge in [0, 0.05) is 6.04 Å². The molecule has 1 aliphatic carbocycles. The number of hydrogen-bond acceptors (Lipinski definition) is 1. The summed E-state index contributed by atoms with van der Waals surface area (Å²) in [5, 5.41) is 3.70. The molecule has 0 aromatic carbocycles. The highest BCUT2D eigenvalue weighted by Crippen LogP contribution is 2.29. The fourth-order valence-electron chi connectivity index (χ4n) is 3.42. The summed E-state index contributed by atoms with van der Waals surface area (Å²) in [5.41, 5.74) is 0. The molecule has 0 aromatic heterocycles. The molecule has 0 spiro atoms.